The molecule has 176 valence electrons. The number of rotatable bonds is 5. The van der Waals surface area contributed by atoms with Gasteiger partial charge in [0.2, 0.25) is 5.28 Å². The number of esters is 2. The van der Waals surface area contributed by atoms with Crippen LogP contribution in [0.3, 0.4) is 0 Å². The van der Waals surface area contributed by atoms with Gasteiger partial charge in [0.05, 0.1) is 12.0 Å². The second kappa shape index (κ2) is 9.42. The summed E-state index contributed by atoms with van der Waals surface area (Å²) in [4.78, 5) is 36.0. The van der Waals surface area contributed by atoms with E-state index in [4.69, 9.17) is 43.8 Å². The zero-order valence-corrected chi connectivity index (χ0v) is 19.2. The number of benzene rings is 1. The van der Waals surface area contributed by atoms with E-state index >= 15 is 0 Å². The first-order valence-electron chi connectivity index (χ1n) is 9.76. The van der Waals surface area contributed by atoms with Crippen LogP contribution in [-0.4, -0.2) is 49.8 Å². The number of anilines is 2. The van der Waals surface area contributed by atoms with Crippen LogP contribution in [0.2, 0.25) is 10.3 Å². The third kappa shape index (κ3) is 4.61. The van der Waals surface area contributed by atoms with Gasteiger partial charge in [-0.2, -0.15) is 9.97 Å². The number of hydrogen-bond acceptors (Lipinski definition) is 9. The molecule has 1 fully saturated rings. The molecule has 0 bridgehead atoms. The second-order valence-electron chi connectivity index (χ2n) is 7.18. The summed E-state index contributed by atoms with van der Waals surface area (Å²) in [5.74, 6) is 0.577. The van der Waals surface area contributed by atoms with E-state index in [1.165, 1.54) is 36.9 Å². The smallest absolute Gasteiger partial charge is 0.303 e. The number of ether oxygens (including phenoxy) is 3. The molecule has 13 heteroatoms. The molecule has 1 saturated heterocycles. The SMILES string of the molecule is C#C[C@H]1O[C@@H](n2cnc3c(Nc4ccc(Cl)cc4F)nc(Cl)nc32)[C@H](OC(C)=O)[C@H]1OC(C)=O. The van der Waals surface area contributed by atoms with Gasteiger partial charge in [0.15, 0.2) is 41.5 Å². The number of imidazole rings is 1. The van der Waals surface area contributed by atoms with Crippen LogP contribution < -0.4 is 5.32 Å². The van der Waals surface area contributed by atoms with Gasteiger partial charge >= 0.3 is 11.9 Å². The van der Waals surface area contributed by atoms with Gasteiger partial charge in [-0.05, 0) is 29.8 Å². The van der Waals surface area contributed by atoms with E-state index in [2.05, 4.69) is 26.2 Å². The summed E-state index contributed by atoms with van der Waals surface area (Å²) in [7, 11) is 0. The Balaban J connectivity index is 1.77. The Morgan fingerprint density at radius 1 is 1.21 bits per heavy atom. The summed E-state index contributed by atoms with van der Waals surface area (Å²) in [5.41, 5.74) is 0.447. The first kappa shape index (κ1) is 23.7. The van der Waals surface area contributed by atoms with E-state index in [-0.39, 0.29) is 33.0 Å². The largest absolute Gasteiger partial charge is 0.455 e. The molecule has 2 aromatic heterocycles. The molecule has 0 amide bonds. The van der Waals surface area contributed by atoms with Crippen LogP contribution in [0, 0.1) is 18.2 Å². The Morgan fingerprint density at radius 2 is 1.91 bits per heavy atom. The van der Waals surface area contributed by atoms with Crippen molar-refractivity contribution in [3.8, 4) is 12.3 Å². The van der Waals surface area contributed by atoms with Crippen LogP contribution in [0.25, 0.3) is 11.2 Å². The Labute approximate surface area is 202 Å². The lowest BCUT2D eigenvalue weighted by Gasteiger charge is -2.23. The number of aromatic nitrogens is 4. The highest BCUT2D eigenvalue weighted by molar-refractivity contribution is 6.30. The van der Waals surface area contributed by atoms with Crippen molar-refractivity contribution in [3.05, 3.63) is 40.6 Å². The van der Waals surface area contributed by atoms with E-state index in [1.807, 2.05) is 0 Å². The fourth-order valence-electron chi connectivity index (χ4n) is 3.52. The lowest BCUT2D eigenvalue weighted by Crippen LogP contribution is -2.38. The zero-order valence-electron chi connectivity index (χ0n) is 17.7. The normalized spacial score (nSPS) is 21.8. The Bertz CT molecular complexity index is 1330. The highest BCUT2D eigenvalue weighted by atomic mass is 35.5. The van der Waals surface area contributed by atoms with E-state index in [9.17, 15) is 14.0 Å². The molecule has 3 heterocycles. The Kier molecular flexibility index (Phi) is 6.56. The maximum Gasteiger partial charge on any atom is 0.303 e. The number of halogens is 3. The molecule has 0 saturated carbocycles. The lowest BCUT2D eigenvalue weighted by atomic mass is 10.1. The minimum atomic E-state index is -1.11. The number of hydrogen-bond donors (Lipinski definition) is 1. The molecule has 0 unspecified atom stereocenters. The van der Waals surface area contributed by atoms with Crippen LogP contribution in [0.4, 0.5) is 15.9 Å². The molecule has 4 rings (SSSR count). The van der Waals surface area contributed by atoms with Gasteiger partial charge in [-0.1, -0.05) is 17.5 Å². The van der Waals surface area contributed by atoms with Crippen LogP contribution in [-0.2, 0) is 23.8 Å². The standard InChI is InChI=1S/C21H16Cl2FN5O5/c1-4-14-16(32-9(2)30)17(33-10(3)31)20(34-14)29-8-25-15-18(27-21(23)28-19(15)29)26-13-6-5-11(22)7-12(13)24/h1,5-8,14,16-17,20H,2-3H3,(H,26,27,28)/t14-,16+,17-,20-/m1/s1. The molecule has 0 aliphatic carbocycles. The maximum atomic E-state index is 14.3. The van der Waals surface area contributed by atoms with Gasteiger partial charge in [0.25, 0.3) is 0 Å². The molecule has 1 N–H and O–H groups in total. The van der Waals surface area contributed by atoms with E-state index in [1.54, 1.807) is 0 Å². The van der Waals surface area contributed by atoms with Gasteiger partial charge in [0, 0.05) is 18.9 Å². The fourth-order valence-corrected chi connectivity index (χ4v) is 3.84. The molecule has 34 heavy (non-hydrogen) atoms. The van der Waals surface area contributed by atoms with E-state index < -0.39 is 42.3 Å². The van der Waals surface area contributed by atoms with Gasteiger partial charge in [0.1, 0.15) is 5.82 Å². The number of carbonyl (C=O) groups excluding carboxylic acids is 2. The number of terminal acetylenes is 1. The third-order valence-corrected chi connectivity index (χ3v) is 5.21. The van der Waals surface area contributed by atoms with Crippen LogP contribution in [0.1, 0.15) is 20.1 Å². The van der Waals surface area contributed by atoms with Crippen molar-refractivity contribution in [2.24, 2.45) is 0 Å². The summed E-state index contributed by atoms with van der Waals surface area (Å²) in [6.45, 7) is 2.39. The maximum absolute atomic E-state index is 14.3. The average Bonchev–Trinajstić information content (AvgIpc) is 3.31. The minimum Gasteiger partial charge on any atom is -0.455 e. The monoisotopic (exact) mass is 507 g/mol. The van der Waals surface area contributed by atoms with Crippen LogP contribution in [0.15, 0.2) is 24.5 Å². The first-order chi connectivity index (χ1) is 16.2. The summed E-state index contributed by atoms with van der Waals surface area (Å²) >= 11 is 11.9. The van der Waals surface area contributed by atoms with E-state index in [0.717, 1.165) is 6.07 Å². The molecule has 4 atom stereocenters. The summed E-state index contributed by atoms with van der Waals surface area (Å²) < 4.78 is 32.2. The van der Waals surface area contributed by atoms with Crippen molar-refractivity contribution >= 4 is 57.8 Å². The second-order valence-corrected chi connectivity index (χ2v) is 7.95. The molecular weight excluding hydrogens is 492 g/mol. The topological polar surface area (TPSA) is 117 Å². The van der Waals surface area contributed by atoms with Gasteiger partial charge < -0.3 is 19.5 Å². The minimum absolute atomic E-state index is 0.0761. The summed E-state index contributed by atoms with van der Waals surface area (Å²) in [6.07, 6.45) is 2.61. The zero-order chi connectivity index (χ0) is 24.6. The third-order valence-electron chi connectivity index (χ3n) is 4.81. The number of nitrogens with one attached hydrogen (secondary N) is 1. The van der Waals surface area contributed by atoms with Crippen molar-refractivity contribution < 1.29 is 28.2 Å². The molecule has 0 radical (unpaired) electrons. The van der Waals surface area contributed by atoms with Gasteiger partial charge in [-0.25, -0.2) is 9.37 Å². The predicted molar refractivity (Wildman–Crippen MR) is 119 cm³/mol. The number of fused-ring (bicyclic) bond motifs is 1. The molecule has 3 aromatic rings. The van der Waals surface area contributed by atoms with Crippen molar-refractivity contribution in [1.29, 1.82) is 0 Å². The number of carbonyl (C=O) groups is 2. The summed E-state index contributed by atoms with van der Waals surface area (Å²) in [5, 5.41) is 2.85. The highest BCUT2D eigenvalue weighted by Gasteiger charge is 2.50. The Morgan fingerprint density at radius 3 is 2.56 bits per heavy atom. The first-order valence-corrected chi connectivity index (χ1v) is 10.5. The van der Waals surface area contributed by atoms with Crippen molar-refractivity contribution in [2.45, 2.75) is 38.4 Å². The molecule has 1 aliphatic rings. The molecular formula is C21H16Cl2FN5O5. The molecule has 0 spiro atoms. The van der Waals surface area contributed by atoms with Crippen LogP contribution in [0.5, 0.6) is 0 Å². The predicted octanol–water partition coefficient (Wildman–Crippen LogP) is 3.41. The van der Waals surface area contributed by atoms with Crippen molar-refractivity contribution in [3.63, 3.8) is 0 Å². The fraction of sp³-hybridized carbons (Fsp3) is 0.286. The molecule has 1 aliphatic heterocycles. The Hall–Kier alpha value is -3.46. The quantitative estimate of drug-likeness (QED) is 0.314. The molecule has 1 aromatic carbocycles. The number of nitrogens with zero attached hydrogens (tertiary/aromatic N) is 4. The highest BCUT2D eigenvalue weighted by Crippen LogP contribution is 2.36. The van der Waals surface area contributed by atoms with Gasteiger partial charge in [-0.3, -0.25) is 14.2 Å². The van der Waals surface area contributed by atoms with Crippen molar-refractivity contribution in [1.82, 2.24) is 19.5 Å². The van der Waals surface area contributed by atoms with Crippen LogP contribution >= 0.6 is 23.2 Å². The van der Waals surface area contributed by atoms with Crippen molar-refractivity contribution in [2.75, 3.05) is 5.32 Å². The van der Waals surface area contributed by atoms with E-state index in [0.29, 0.717) is 0 Å². The lowest BCUT2D eigenvalue weighted by molar-refractivity contribution is -0.165. The summed E-state index contributed by atoms with van der Waals surface area (Å²) in [6, 6.07) is 4.05. The average molecular weight is 508 g/mol. The molecule has 10 nitrogen and oxygen atoms in total. The van der Waals surface area contributed by atoms with Gasteiger partial charge in [-0.15, -0.1) is 6.42 Å².